The van der Waals surface area contributed by atoms with Crippen LogP contribution in [0, 0.1) is 13.8 Å². The minimum absolute atomic E-state index is 0.135. The average molecular weight is 496 g/mol. The highest BCUT2D eigenvalue weighted by molar-refractivity contribution is 6.30. The van der Waals surface area contributed by atoms with Crippen LogP contribution in [-0.4, -0.2) is 78.6 Å². The largest absolute Gasteiger partial charge is 0.493 e. The Hall–Kier alpha value is -2.08. The van der Waals surface area contributed by atoms with Crippen LogP contribution in [0.4, 0.5) is 0 Å². The number of piperazine rings is 1. The summed E-state index contributed by atoms with van der Waals surface area (Å²) in [5.41, 5.74) is 4.76. The van der Waals surface area contributed by atoms with E-state index in [0.717, 1.165) is 63.4 Å². The van der Waals surface area contributed by atoms with Crippen molar-refractivity contribution in [3.8, 4) is 5.75 Å². The highest BCUT2D eigenvalue weighted by Gasteiger charge is 2.44. The third-order valence-electron chi connectivity index (χ3n) is 8.30. The van der Waals surface area contributed by atoms with Crippen LogP contribution in [0.3, 0.4) is 0 Å². The Morgan fingerprint density at radius 1 is 0.971 bits per heavy atom. The van der Waals surface area contributed by atoms with Gasteiger partial charge >= 0.3 is 0 Å². The lowest BCUT2D eigenvalue weighted by Crippen LogP contribution is -2.49. The van der Waals surface area contributed by atoms with Gasteiger partial charge < -0.3 is 14.5 Å². The number of halogens is 1. The standard InChI is InChI=1S/C29H38ClN3O2/c1-21-22(2)28(35-17-5-15-31-13-3-4-14-31)11-8-23(21)12-16-32-19-27-18-26(32)20-33(27)29(34)24-6-9-25(30)10-7-24/h6-11,26-27H,3-5,12-20H2,1-2H3/t26-,27-/m1/s1. The minimum atomic E-state index is 0.135. The molecule has 0 aromatic heterocycles. The topological polar surface area (TPSA) is 36.0 Å². The predicted molar refractivity (Wildman–Crippen MR) is 142 cm³/mol. The molecule has 3 aliphatic heterocycles. The molecule has 2 aromatic carbocycles. The number of amides is 1. The van der Waals surface area contributed by atoms with E-state index >= 15 is 0 Å². The second-order valence-electron chi connectivity index (χ2n) is 10.5. The van der Waals surface area contributed by atoms with Crippen molar-refractivity contribution in [1.29, 1.82) is 0 Å². The van der Waals surface area contributed by atoms with Crippen molar-refractivity contribution in [2.45, 2.75) is 58.0 Å². The molecule has 0 radical (unpaired) electrons. The fraction of sp³-hybridized carbons (Fsp3) is 0.552. The summed E-state index contributed by atoms with van der Waals surface area (Å²) >= 11 is 5.98. The monoisotopic (exact) mass is 495 g/mol. The summed E-state index contributed by atoms with van der Waals surface area (Å²) in [5.74, 6) is 1.17. The molecule has 6 heteroatoms. The molecule has 0 unspecified atom stereocenters. The van der Waals surface area contributed by atoms with E-state index in [0.29, 0.717) is 17.1 Å². The summed E-state index contributed by atoms with van der Waals surface area (Å²) in [4.78, 5) is 20.1. The van der Waals surface area contributed by atoms with Crippen molar-refractivity contribution < 1.29 is 9.53 Å². The predicted octanol–water partition coefficient (Wildman–Crippen LogP) is 4.96. The summed E-state index contributed by atoms with van der Waals surface area (Å²) in [6, 6.07) is 12.5. The van der Waals surface area contributed by atoms with Gasteiger partial charge in [-0.2, -0.15) is 0 Å². The SMILES string of the molecule is Cc1c(CCN2C[C@H]3C[C@@H]2CN3C(=O)c2ccc(Cl)cc2)ccc(OCCCN2CCCC2)c1C. The van der Waals surface area contributed by atoms with Crippen LogP contribution in [0.2, 0.25) is 5.02 Å². The second-order valence-corrected chi connectivity index (χ2v) is 10.9. The van der Waals surface area contributed by atoms with Gasteiger partial charge in [0.25, 0.3) is 5.91 Å². The molecule has 5 rings (SSSR count). The van der Waals surface area contributed by atoms with Gasteiger partial charge in [0.1, 0.15) is 5.75 Å². The van der Waals surface area contributed by atoms with Crippen LogP contribution < -0.4 is 4.74 Å². The third-order valence-corrected chi connectivity index (χ3v) is 8.55. The number of ether oxygens (including phenoxy) is 1. The molecule has 2 bridgehead atoms. The first-order valence-electron chi connectivity index (χ1n) is 13.2. The van der Waals surface area contributed by atoms with E-state index in [1.165, 1.54) is 42.6 Å². The molecule has 188 valence electrons. The molecule has 3 fully saturated rings. The van der Waals surface area contributed by atoms with E-state index in [2.05, 4.69) is 40.7 Å². The zero-order valence-corrected chi connectivity index (χ0v) is 21.9. The molecule has 0 N–H and O–H groups in total. The second kappa shape index (κ2) is 10.9. The normalized spacial score (nSPS) is 22.3. The van der Waals surface area contributed by atoms with E-state index in [4.69, 9.17) is 16.3 Å². The van der Waals surface area contributed by atoms with Gasteiger partial charge in [-0.15, -0.1) is 0 Å². The van der Waals surface area contributed by atoms with Crippen LogP contribution in [-0.2, 0) is 6.42 Å². The van der Waals surface area contributed by atoms with Crippen LogP contribution in [0.1, 0.15) is 52.7 Å². The lowest BCUT2D eigenvalue weighted by molar-refractivity contribution is 0.0626. The molecule has 3 saturated heterocycles. The van der Waals surface area contributed by atoms with E-state index in [1.807, 2.05) is 12.1 Å². The van der Waals surface area contributed by atoms with Gasteiger partial charge in [0, 0.05) is 48.8 Å². The highest BCUT2D eigenvalue weighted by atomic mass is 35.5. The number of carbonyl (C=O) groups excluding carboxylic acids is 1. The van der Waals surface area contributed by atoms with Gasteiger partial charge in [0.15, 0.2) is 0 Å². The van der Waals surface area contributed by atoms with Crippen molar-refractivity contribution in [2.75, 3.05) is 45.9 Å². The number of hydrogen-bond donors (Lipinski definition) is 0. The Kier molecular flexibility index (Phi) is 7.66. The van der Waals surface area contributed by atoms with Gasteiger partial charge in [-0.05, 0) is 106 Å². The maximum Gasteiger partial charge on any atom is 0.254 e. The summed E-state index contributed by atoms with van der Waals surface area (Å²) in [6.07, 6.45) is 5.91. The molecule has 2 aromatic rings. The van der Waals surface area contributed by atoms with E-state index in [1.54, 1.807) is 12.1 Å². The quantitative estimate of drug-likeness (QED) is 0.460. The fourth-order valence-corrected chi connectivity index (χ4v) is 6.18. The molecule has 2 atom stereocenters. The number of carbonyl (C=O) groups is 1. The first kappa shape index (κ1) is 24.6. The van der Waals surface area contributed by atoms with Crippen molar-refractivity contribution in [3.63, 3.8) is 0 Å². The van der Waals surface area contributed by atoms with Crippen molar-refractivity contribution >= 4 is 17.5 Å². The number of benzene rings is 2. The Balaban J connectivity index is 1.10. The average Bonchev–Trinajstić information content (AvgIpc) is 3.61. The van der Waals surface area contributed by atoms with Gasteiger partial charge in [0.05, 0.1) is 6.61 Å². The number of hydrogen-bond acceptors (Lipinski definition) is 4. The zero-order chi connectivity index (χ0) is 24.4. The lowest BCUT2D eigenvalue weighted by atomic mass is 9.99. The van der Waals surface area contributed by atoms with Crippen LogP contribution in [0.15, 0.2) is 36.4 Å². The number of rotatable bonds is 9. The van der Waals surface area contributed by atoms with E-state index in [-0.39, 0.29) is 5.91 Å². The Morgan fingerprint density at radius 3 is 2.46 bits per heavy atom. The van der Waals surface area contributed by atoms with Crippen LogP contribution in [0.25, 0.3) is 0 Å². The van der Waals surface area contributed by atoms with Crippen molar-refractivity contribution in [2.24, 2.45) is 0 Å². The van der Waals surface area contributed by atoms with Gasteiger partial charge in [-0.3, -0.25) is 9.69 Å². The lowest BCUT2D eigenvalue weighted by Gasteiger charge is -2.34. The molecule has 0 saturated carbocycles. The number of likely N-dealkylation sites (tertiary alicyclic amines) is 3. The summed E-state index contributed by atoms with van der Waals surface area (Å²) < 4.78 is 6.15. The molecule has 0 aliphatic carbocycles. The number of fused-ring (bicyclic) bond motifs is 2. The fourth-order valence-electron chi connectivity index (χ4n) is 6.05. The van der Waals surface area contributed by atoms with Gasteiger partial charge in [-0.25, -0.2) is 0 Å². The van der Waals surface area contributed by atoms with E-state index in [9.17, 15) is 4.79 Å². The molecular formula is C29H38ClN3O2. The third kappa shape index (κ3) is 5.52. The molecule has 3 heterocycles. The summed E-state index contributed by atoms with van der Waals surface area (Å²) in [7, 11) is 0. The Morgan fingerprint density at radius 2 is 1.74 bits per heavy atom. The zero-order valence-electron chi connectivity index (χ0n) is 21.1. The summed E-state index contributed by atoms with van der Waals surface area (Å²) in [6.45, 7) is 11.7. The smallest absolute Gasteiger partial charge is 0.254 e. The maximum atomic E-state index is 13.0. The molecule has 5 nitrogen and oxygen atoms in total. The van der Waals surface area contributed by atoms with Crippen molar-refractivity contribution in [1.82, 2.24) is 14.7 Å². The highest BCUT2D eigenvalue weighted by Crippen LogP contribution is 2.33. The minimum Gasteiger partial charge on any atom is -0.493 e. The Bertz CT molecular complexity index is 1030. The summed E-state index contributed by atoms with van der Waals surface area (Å²) in [5, 5.41) is 0.665. The van der Waals surface area contributed by atoms with E-state index < -0.39 is 0 Å². The number of nitrogens with zero attached hydrogens (tertiary/aromatic N) is 3. The van der Waals surface area contributed by atoms with Gasteiger partial charge in [-0.1, -0.05) is 17.7 Å². The first-order chi connectivity index (χ1) is 17.0. The van der Waals surface area contributed by atoms with Crippen LogP contribution >= 0.6 is 11.6 Å². The molecule has 0 spiro atoms. The maximum absolute atomic E-state index is 13.0. The van der Waals surface area contributed by atoms with Crippen molar-refractivity contribution in [3.05, 3.63) is 63.7 Å². The first-order valence-corrected chi connectivity index (χ1v) is 13.6. The molecule has 3 aliphatic rings. The molecule has 35 heavy (non-hydrogen) atoms. The van der Waals surface area contributed by atoms with Gasteiger partial charge in [0.2, 0.25) is 0 Å². The molecule has 1 amide bonds. The molecular weight excluding hydrogens is 458 g/mol. The Labute approximate surface area is 215 Å². The van der Waals surface area contributed by atoms with Crippen LogP contribution in [0.5, 0.6) is 5.75 Å².